The number of carbonyl (C=O) groups excluding carboxylic acids is 2. The molecule has 2 N–H and O–H groups in total. The molecule has 2 aliphatic rings. The minimum absolute atomic E-state index is 0. The summed E-state index contributed by atoms with van der Waals surface area (Å²) in [6.07, 6.45) is 3.24. The Balaban J connectivity index is 0.00000208. The number of carbonyl (C=O) groups is 2. The van der Waals surface area contributed by atoms with Crippen molar-refractivity contribution in [2.75, 3.05) is 38.6 Å². The normalized spacial score (nSPS) is 17.4. The molecule has 132 valence electrons. The number of nitrogens with one attached hydrogen (secondary N) is 2. The zero-order valence-corrected chi connectivity index (χ0v) is 14.7. The lowest BCUT2D eigenvalue weighted by atomic mass is 9.93. The van der Waals surface area contributed by atoms with E-state index < -0.39 is 0 Å². The summed E-state index contributed by atoms with van der Waals surface area (Å²) in [4.78, 5) is 26.1. The molecule has 7 heteroatoms. The molecule has 0 aliphatic carbocycles. The Kier molecular flexibility index (Phi) is 6.45. The summed E-state index contributed by atoms with van der Waals surface area (Å²) in [6, 6.07) is 5.31. The van der Waals surface area contributed by atoms with E-state index in [1.54, 1.807) is 18.2 Å². The molecule has 2 aliphatic heterocycles. The number of benzene rings is 1. The number of fused-ring (bicyclic) bond motifs is 1. The number of amides is 2. The van der Waals surface area contributed by atoms with Gasteiger partial charge in [0.2, 0.25) is 0 Å². The number of halogens is 1. The average molecular weight is 354 g/mol. The van der Waals surface area contributed by atoms with Crippen molar-refractivity contribution in [3.8, 4) is 5.75 Å². The fraction of sp³-hybridized carbons (Fsp3) is 0.529. The summed E-state index contributed by atoms with van der Waals surface area (Å²) in [5.74, 6) is 0.985. The lowest BCUT2D eigenvalue weighted by molar-refractivity contribution is -0.118. The molecule has 1 aromatic carbocycles. The van der Waals surface area contributed by atoms with Crippen LogP contribution in [-0.2, 0) is 4.79 Å². The fourth-order valence-electron chi connectivity index (χ4n) is 3.23. The summed E-state index contributed by atoms with van der Waals surface area (Å²) in [5, 5.41) is 5.93. The number of likely N-dealkylation sites (tertiary alicyclic amines) is 1. The van der Waals surface area contributed by atoms with Crippen molar-refractivity contribution in [1.82, 2.24) is 10.2 Å². The van der Waals surface area contributed by atoms with Gasteiger partial charge in [0.25, 0.3) is 11.8 Å². The molecular weight excluding hydrogens is 330 g/mol. The average Bonchev–Trinajstić information content (AvgIpc) is 2.59. The van der Waals surface area contributed by atoms with Gasteiger partial charge in [0, 0.05) is 13.1 Å². The van der Waals surface area contributed by atoms with Gasteiger partial charge in [-0.05, 0) is 50.9 Å². The monoisotopic (exact) mass is 353 g/mol. The Labute approximate surface area is 148 Å². The van der Waals surface area contributed by atoms with E-state index in [9.17, 15) is 9.59 Å². The fourth-order valence-corrected chi connectivity index (χ4v) is 3.23. The molecule has 0 bridgehead atoms. The molecular formula is C17H24ClN3O3. The number of hydrogen-bond donors (Lipinski definition) is 2. The minimum atomic E-state index is -0.188. The SMILES string of the molecule is CNCCC1CCN(C(=O)c2cccc3c2OCC(=O)N3)CC1.Cl. The summed E-state index contributed by atoms with van der Waals surface area (Å²) in [5.41, 5.74) is 1.12. The second-order valence-electron chi connectivity index (χ2n) is 6.15. The summed E-state index contributed by atoms with van der Waals surface area (Å²) >= 11 is 0. The van der Waals surface area contributed by atoms with Crippen LogP contribution in [0.3, 0.4) is 0 Å². The highest BCUT2D eigenvalue weighted by Gasteiger charge is 2.28. The molecule has 24 heavy (non-hydrogen) atoms. The van der Waals surface area contributed by atoms with Gasteiger partial charge >= 0.3 is 0 Å². The molecule has 0 radical (unpaired) electrons. The maximum Gasteiger partial charge on any atom is 0.262 e. The van der Waals surface area contributed by atoms with Crippen LogP contribution in [-0.4, -0.2) is 50.0 Å². The Morgan fingerprint density at radius 2 is 2.12 bits per heavy atom. The Morgan fingerprint density at radius 3 is 2.83 bits per heavy atom. The highest BCUT2D eigenvalue weighted by Crippen LogP contribution is 2.33. The molecule has 1 saturated heterocycles. The van der Waals surface area contributed by atoms with Gasteiger partial charge in [-0.2, -0.15) is 0 Å². The quantitative estimate of drug-likeness (QED) is 0.867. The van der Waals surface area contributed by atoms with Crippen LogP contribution < -0.4 is 15.4 Å². The van der Waals surface area contributed by atoms with Crippen LogP contribution >= 0.6 is 12.4 Å². The van der Waals surface area contributed by atoms with E-state index in [-0.39, 0.29) is 30.8 Å². The molecule has 3 rings (SSSR count). The van der Waals surface area contributed by atoms with Gasteiger partial charge in [0.1, 0.15) is 0 Å². The summed E-state index contributed by atoms with van der Waals surface area (Å²) < 4.78 is 5.49. The lowest BCUT2D eigenvalue weighted by Gasteiger charge is -2.33. The van der Waals surface area contributed by atoms with E-state index in [4.69, 9.17) is 4.74 Å². The first-order chi connectivity index (χ1) is 11.2. The third-order valence-electron chi connectivity index (χ3n) is 4.57. The molecule has 1 aromatic rings. The predicted molar refractivity (Wildman–Crippen MR) is 95.0 cm³/mol. The maximum atomic E-state index is 12.8. The Bertz CT molecular complexity index is 601. The van der Waals surface area contributed by atoms with Crippen molar-refractivity contribution < 1.29 is 14.3 Å². The summed E-state index contributed by atoms with van der Waals surface area (Å²) in [7, 11) is 1.97. The second kappa shape index (κ2) is 8.35. The highest BCUT2D eigenvalue weighted by molar-refractivity contribution is 6.03. The van der Waals surface area contributed by atoms with E-state index in [1.165, 1.54) is 0 Å². The maximum absolute atomic E-state index is 12.8. The van der Waals surface area contributed by atoms with Crippen molar-refractivity contribution in [3.05, 3.63) is 23.8 Å². The van der Waals surface area contributed by atoms with Crippen LogP contribution in [0.25, 0.3) is 0 Å². The first-order valence-electron chi connectivity index (χ1n) is 8.18. The number of nitrogens with zero attached hydrogens (tertiary/aromatic N) is 1. The number of para-hydroxylation sites is 1. The highest BCUT2D eigenvalue weighted by atomic mass is 35.5. The van der Waals surface area contributed by atoms with E-state index >= 15 is 0 Å². The van der Waals surface area contributed by atoms with Gasteiger partial charge in [-0.3, -0.25) is 9.59 Å². The van der Waals surface area contributed by atoms with Gasteiger partial charge in [0.05, 0.1) is 11.3 Å². The Morgan fingerprint density at radius 1 is 1.38 bits per heavy atom. The first kappa shape index (κ1) is 18.5. The van der Waals surface area contributed by atoms with Gasteiger partial charge < -0.3 is 20.3 Å². The second-order valence-corrected chi connectivity index (χ2v) is 6.15. The zero-order chi connectivity index (χ0) is 16.2. The topological polar surface area (TPSA) is 70.7 Å². The zero-order valence-electron chi connectivity index (χ0n) is 13.8. The third kappa shape index (κ3) is 3.99. The molecule has 6 nitrogen and oxygen atoms in total. The standard InChI is InChI=1S/C17H23N3O3.ClH/c1-18-8-5-12-6-9-20(10-7-12)17(22)13-3-2-4-14-16(13)23-11-15(21)19-14;/h2-4,12,18H,5-11H2,1H3,(H,19,21);1H. The number of rotatable bonds is 4. The van der Waals surface area contributed by atoms with Gasteiger partial charge in [-0.1, -0.05) is 6.07 Å². The smallest absolute Gasteiger partial charge is 0.262 e. The number of piperidine rings is 1. The minimum Gasteiger partial charge on any atom is -0.481 e. The van der Waals surface area contributed by atoms with E-state index in [0.29, 0.717) is 22.9 Å². The first-order valence-corrected chi connectivity index (χ1v) is 8.18. The van der Waals surface area contributed by atoms with Crippen LogP contribution in [0.5, 0.6) is 5.75 Å². The van der Waals surface area contributed by atoms with E-state index in [0.717, 1.165) is 38.9 Å². The van der Waals surface area contributed by atoms with Crippen LogP contribution in [0.15, 0.2) is 18.2 Å². The van der Waals surface area contributed by atoms with Crippen molar-refractivity contribution in [3.63, 3.8) is 0 Å². The van der Waals surface area contributed by atoms with Gasteiger partial charge in [-0.25, -0.2) is 0 Å². The molecule has 0 aromatic heterocycles. The largest absolute Gasteiger partial charge is 0.481 e. The predicted octanol–water partition coefficient (Wildman–Crippen LogP) is 1.90. The molecule has 0 spiro atoms. The molecule has 2 heterocycles. The number of anilines is 1. The van der Waals surface area contributed by atoms with Crippen molar-refractivity contribution >= 4 is 29.9 Å². The van der Waals surface area contributed by atoms with Crippen molar-refractivity contribution in [2.24, 2.45) is 5.92 Å². The van der Waals surface area contributed by atoms with Crippen LogP contribution in [0.1, 0.15) is 29.6 Å². The van der Waals surface area contributed by atoms with E-state index in [2.05, 4.69) is 10.6 Å². The van der Waals surface area contributed by atoms with Gasteiger partial charge in [-0.15, -0.1) is 12.4 Å². The molecule has 0 saturated carbocycles. The van der Waals surface area contributed by atoms with Crippen LogP contribution in [0.4, 0.5) is 5.69 Å². The Hall–Kier alpha value is -1.79. The van der Waals surface area contributed by atoms with Gasteiger partial charge in [0.15, 0.2) is 12.4 Å². The molecule has 2 amide bonds. The number of hydrogen-bond acceptors (Lipinski definition) is 4. The summed E-state index contributed by atoms with van der Waals surface area (Å²) in [6.45, 7) is 2.55. The third-order valence-corrected chi connectivity index (χ3v) is 4.57. The van der Waals surface area contributed by atoms with Crippen molar-refractivity contribution in [1.29, 1.82) is 0 Å². The van der Waals surface area contributed by atoms with E-state index in [1.807, 2.05) is 11.9 Å². The van der Waals surface area contributed by atoms with Crippen LogP contribution in [0, 0.1) is 5.92 Å². The van der Waals surface area contributed by atoms with Crippen LogP contribution in [0.2, 0.25) is 0 Å². The lowest BCUT2D eigenvalue weighted by Crippen LogP contribution is -2.39. The molecule has 1 fully saturated rings. The number of ether oxygens (including phenoxy) is 1. The van der Waals surface area contributed by atoms with Crippen molar-refractivity contribution in [2.45, 2.75) is 19.3 Å². The molecule has 0 atom stereocenters. The molecule has 0 unspecified atom stereocenters.